The van der Waals surface area contributed by atoms with Crippen molar-refractivity contribution in [1.82, 2.24) is 4.98 Å². The van der Waals surface area contributed by atoms with Crippen LogP contribution in [0.4, 0.5) is 0 Å². The van der Waals surface area contributed by atoms with Gasteiger partial charge in [-0.05, 0) is 18.1 Å². The molecule has 2 aromatic carbocycles. The third-order valence-electron chi connectivity index (χ3n) is 2.85. The van der Waals surface area contributed by atoms with Gasteiger partial charge in [-0.15, -0.1) is 6.58 Å². The van der Waals surface area contributed by atoms with Crippen LogP contribution >= 0.6 is 0 Å². The van der Waals surface area contributed by atoms with E-state index in [-0.39, 0.29) is 0 Å². The van der Waals surface area contributed by atoms with Crippen molar-refractivity contribution in [3.63, 3.8) is 0 Å². The topological polar surface area (TPSA) is 15.8 Å². The van der Waals surface area contributed by atoms with Gasteiger partial charge in [-0.25, -0.2) is 0 Å². The number of allylic oxidation sites excluding steroid dienone is 1. The number of rotatable bonds is 2. The summed E-state index contributed by atoms with van der Waals surface area (Å²) in [5, 5.41) is 2.50. The normalized spacial score (nSPS) is 11.0. The number of benzene rings is 2. The predicted molar refractivity (Wildman–Crippen MR) is 68.5 cm³/mol. The fraction of sp³-hybridized carbons (Fsp3) is 0.0667. The van der Waals surface area contributed by atoms with E-state index in [2.05, 4.69) is 48.0 Å². The van der Waals surface area contributed by atoms with Gasteiger partial charge < -0.3 is 4.98 Å². The molecule has 0 saturated heterocycles. The first-order valence-corrected chi connectivity index (χ1v) is 5.41. The second-order valence-corrected chi connectivity index (χ2v) is 3.94. The summed E-state index contributed by atoms with van der Waals surface area (Å²) >= 11 is 0. The number of hydrogen-bond acceptors (Lipinski definition) is 0. The van der Waals surface area contributed by atoms with Crippen molar-refractivity contribution in [2.75, 3.05) is 0 Å². The van der Waals surface area contributed by atoms with E-state index in [0.717, 1.165) is 11.9 Å². The molecule has 77 valence electrons. The maximum atomic E-state index is 3.75. The molecule has 0 unspecified atom stereocenters. The minimum Gasteiger partial charge on any atom is -0.354 e. The van der Waals surface area contributed by atoms with Crippen molar-refractivity contribution < 1.29 is 0 Å². The van der Waals surface area contributed by atoms with Gasteiger partial charge in [0.15, 0.2) is 0 Å². The zero-order valence-corrected chi connectivity index (χ0v) is 8.96. The van der Waals surface area contributed by atoms with E-state index in [0.29, 0.717) is 0 Å². The Morgan fingerprint density at radius 2 is 2.00 bits per heavy atom. The Bertz CT molecular complexity index is 661. The van der Waals surface area contributed by atoms with E-state index in [4.69, 9.17) is 0 Å². The lowest BCUT2D eigenvalue weighted by molar-refractivity contribution is 1.28. The molecule has 1 N–H and O–H groups in total. The van der Waals surface area contributed by atoms with Crippen molar-refractivity contribution >= 4 is 21.8 Å². The van der Waals surface area contributed by atoms with Gasteiger partial charge in [-0.1, -0.05) is 36.4 Å². The molecule has 1 nitrogen and oxygen atoms in total. The van der Waals surface area contributed by atoms with Crippen molar-refractivity contribution in [1.29, 1.82) is 0 Å². The molecule has 1 heterocycles. The summed E-state index contributed by atoms with van der Waals surface area (Å²) in [5.41, 5.74) is 3.43. The monoisotopic (exact) mass is 206 g/mol. The van der Waals surface area contributed by atoms with Crippen molar-refractivity contribution in [3.8, 4) is 0 Å². The smallest absolute Gasteiger partial charge is 0.0548 e. The summed E-state index contributed by atoms with van der Waals surface area (Å²) in [7, 11) is 0. The lowest BCUT2D eigenvalue weighted by Gasteiger charge is -1.95. The van der Waals surface area contributed by atoms with Gasteiger partial charge in [0.05, 0.1) is 5.52 Å². The summed E-state index contributed by atoms with van der Waals surface area (Å²) in [4.78, 5) is 3.39. The maximum Gasteiger partial charge on any atom is 0.0548 e. The molecule has 0 amide bonds. The maximum absolute atomic E-state index is 3.75. The summed E-state index contributed by atoms with van der Waals surface area (Å²) in [5.74, 6) is 0. The largest absolute Gasteiger partial charge is 0.354 e. The molecular weight excluding hydrogens is 194 g/mol. The van der Waals surface area contributed by atoms with Gasteiger partial charge in [0, 0.05) is 22.4 Å². The second kappa shape index (κ2) is 3.53. The third kappa shape index (κ3) is 1.33. The molecule has 1 heteroatoms. The first-order valence-electron chi connectivity index (χ1n) is 5.41. The number of H-pyrrole nitrogens is 1. The van der Waals surface area contributed by atoms with Gasteiger partial charge in [0.2, 0.25) is 0 Å². The minimum absolute atomic E-state index is 0.866. The molecule has 1 aromatic heterocycles. The van der Waals surface area contributed by atoms with Crippen LogP contribution < -0.4 is 0 Å². The number of aromatic amines is 1. The molecule has 0 spiro atoms. The highest BCUT2D eigenvalue weighted by molar-refractivity contribution is 6.07. The van der Waals surface area contributed by atoms with Crippen LogP contribution in [0, 0.1) is 6.07 Å². The van der Waals surface area contributed by atoms with E-state index >= 15 is 0 Å². The fourth-order valence-corrected chi connectivity index (χ4v) is 2.10. The van der Waals surface area contributed by atoms with E-state index in [1.165, 1.54) is 21.9 Å². The zero-order valence-electron chi connectivity index (χ0n) is 8.96. The molecule has 1 radical (unpaired) electrons. The highest BCUT2D eigenvalue weighted by Gasteiger charge is 2.03. The Morgan fingerprint density at radius 1 is 1.12 bits per heavy atom. The van der Waals surface area contributed by atoms with E-state index < -0.39 is 0 Å². The van der Waals surface area contributed by atoms with Gasteiger partial charge >= 0.3 is 0 Å². The Kier molecular flexibility index (Phi) is 2.03. The summed E-state index contributed by atoms with van der Waals surface area (Å²) < 4.78 is 0. The average Bonchev–Trinajstić information content (AvgIpc) is 2.67. The Labute approximate surface area is 94.4 Å². The fourth-order valence-electron chi connectivity index (χ4n) is 2.10. The SMILES string of the molecule is C=CCc1[c]c2[nH]c3ccccc3c2cc1. The van der Waals surface area contributed by atoms with Crippen molar-refractivity contribution in [3.05, 3.63) is 60.7 Å². The van der Waals surface area contributed by atoms with Crippen molar-refractivity contribution in [2.24, 2.45) is 0 Å². The lowest BCUT2D eigenvalue weighted by Crippen LogP contribution is -1.80. The highest BCUT2D eigenvalue weighted by Crippen LogP contribution is 2.25. The van der Waals surface area contributed by atoms with E-state index in [1.807, 2.05) is 12.1 Å². The van der Waals surface area contributed by atoms with Crippen LogP contribution in [0.5, 0.6) is 0 Å². The van der Waals surface area contributed by atoms with Crippen LogP contribution in [0.3, 0.4) is 0 Å². The van der Waals surface area contributed by atoms with Crippen LogP contribution in [-0.2, 0) is 6.42 Å². The van der Waals surface area contributed by atoms with Gasteiger partial charge in [-0.3, -0.25) is 0 Å². The molecule has 0 aliphatic rings. The van der Waals surface area contributed by atoms with Crippen LogP contribution in [0.15, 0.2) is 49.1 Å². The molecule has 0 aliphatic heterocycles. The first kappa shape index (κ1) is 9.22. The molecule has 0 fully saturated rings. The standard InChI is InChI=1S/C15H12N/c1-2-5-11-8-9-13-12-6-3-4-7-14(12)16-15(13)10-11/h2-4,6-9,16H,1,5H2. The number of nitrogens with one attached hydrogen (secondary N) is 1. The lowest BCUT2D eigenvalue weighted by atomic mass is 10.1. The first-order chi connectivity index (χ1) is 7.88. The van der Waals surface area contributed by atoms with Crippen LogP contribution in [0.2, 0.25) is 0 Å². The summed E-state index contributed by atoms with van der Waals surface area (Å²) in [6.45, 7) is 3.75. The molecular formula is C15H12N. The molecule has 0 bridgehead atoms. The van der Waals surface area contributed by atoms with Crippen LogP contribution in [0.25, 0.3) is 21.8 Å². The highest BCUT2D eigenvalue weighted by atomic mass is 14.7. The quantitative estimate of drug-likeness (QED) is 0.613. The number of hydrogen-bond donors (Lipinski definition) is 1. The van der Waals surface area contributed by atoms with Gasteiger partial charge in [0.1, 0.15) is 0 Å². The number of para-hydroxylation sites is 1. The number of aromatic nitrogens is 1. The molecule has 0 saturated carbocycles. The number of fused-ring (bicyclic) bond motifs is 3. The van der Waals surface area contributed by atoms with E-state index in [9.17, 15) is 0 Å². The molecule has 16 heavy (non-hydrogen) atoms. The minimum atomic E-state index is 0.866. The van der Waals surface area contributed by atoms with Crippen LogP contribution in [0.1, 0.15) is 5.56 Å². The molecule has 0 atom stereocenters. The van der Waals surface area contributed by atoms with Gasteiger partial charge in [0.25, 0.3) is 0 Å². The zero-order chi connectivity index (χ0) is 11.0. The summed E-state index contributed by atoms with van der Waals surface area (Å²) in [6, 6.07) is 16.0. The average molecular weight is 206 g/mol. The predicted octanol–water partition coefficient (Wildman–Crippen LogP) is 3.85. The summed E-state index contributed by atoms with van der Waals surface area (Å²) in [6.07, 6.45) is 2.77. The van der Waals surface area contributed by atoms with Gasteiger partial charge in [-0.2, -0.15) is 0 Å². The Balaban J connectivity index is 2.32. The van der Waals surface area contributed by atoms with Crippen molar-refractivity contribution in [2.45, 2.75) is 6.42 Å². The molecule has 3 rings (SSSR count). The Hall–Kier alpha value is -2.02. The Morgan fingerprint density at radius 3 is 2.88 bits per heavy atom. The van der Waals surface area contributed by atoms with E-state index in [1.54, 1.807) is 0 Å². The molecule has 0 aliphatic carbocycles. The third-order valence-corrected chi connectivity index (χ3v) is 2.85. The van der Waals surface area contributed by atoms with Crippen LogP contribution in [-0.4, -0.2) is 4.98 Å². The molecule has 3 aromatic rings. The second-order valence-electron chi connectivity index (χ2n) is 3.94.